The molecule has 0 saturated heterocycles. The Bertz CT molecular complexity index is 752. The minimum atomic E-state index is -0.788. The summed E-state index contributed by atoms with van der Waals surface area (Å²) in [7, 11) is 0. The normalized spacial score (nSPS) is 16.6. The summed E-state index contributed by atoms with van der Waals surface area (Å²) in [6.45, 7) is 4.00. The Hall–Kier alpha value is -2.62. The smallest absolute Gasteiger partial charge is 0.339 e. The van der Waals surface area contributed by atoms with Crippen molar-refractivity contribution in [3.63, 3.8) is 0 Å². The highest BCUT2D eigenvalue weighted by Gasteiger charge is 2.31. The quantitative estimate of drug-likeness (QED) is 0.866. The minimum Gasteiger partial charge on any atom is -0.448 e. The summed E-state index contributed by atoms with van der Waals surface area (Å²) in [6.07, 6.45) is -0.387. The number of esters is 1. The van der Waals surface area contributed by atoms with E-state index >= 15 is 0 Å². The van der Waals surface area contributed by atoms with E-state index < -0.39 is 12.1 Å². The van der Waals surface area contributed by atoms with E-state index in [1.807, 2.05) is 44.2 Å². The van der Waals surface area contributed by atoms with Crippen LogP contribution in [-0.2, 0) is 16.0 Å². The third-order valence-electron chi connectivity index (χ3n) is 3.96. The lowest BCUT2D eigenvalue weighted by Crippen LogP contribution is -2.37. The third kappa shape index (κ3) is 2.72. The molecule has 4 nitrogen and oxygen atoms in total. The molecule has 112 valence electrons. The number of anilines is 1. The van der Waals surface area contributed by atoms with Crippen LogP contribution < -0.4 is 5.32 Å². The first-order valence-electron chi connectivity index (χ1n) is 7.21. The molecule has 1 heterocycles. The summed E-state index contributed by atoms with van der Waals surface area (Å²) in [5, 5.41) is 2.81. The molecule has 0 saturated carbocycles. The van der Waals surface area contributed by atoms with Crippen LogP contribution in [0.25, 0.3) is 0 Å². The highest BCUT2D eigenvalue weighted by atomic mass is 16.5. The first-order chi connectivity index (χ1) is 10.5. The zero-order chi connectivity index (χ0) is 15.7. The summed E-state index contributed by atoms with van der Waals surface area (Å²) >= 11 is 0. The van der Waals surface area contributed by atoms with Gasteiger partial charge in [0, 0.05) is 12.1 Å². The van der Waals surface area contributed by atoms with E-state index in [0.29, 0.717) is 17.7 Å². The van der Waals surface area contributed by atoms with E-state index in [0.717, 1.165) is 16.7 Å². The Balaban J connectivity index is 1.76. The number of hydrogen-bond acceptors (Lipinski definition) is 3. The predicted octanol–water partition coefficient (Wildman–Crippen LogP) is 3.02. The van der Waals surface area contributed by atoms with Crippen LogP contribution in [0.1, 0.15) is 27.0 Å². The molecule has 0 fully saturated rings. The second-order valence-electron chi connectivity index (χ2n) is 5.54. The van der Waals surface area contributed by atoms with Crippen molar-refractivity contribution in [3.8, 4) is 0 Å². The number of benzene rings is 2. The zero-order valence-corrected chi connectivity index (χ0v) is 12.6. The van der Waals surface area contributed by atoms with Crippen LogP contribution in [0.5, 0.6) is 0 Å². The van der Waals surface area contributed by atoms with E-state index in [-0.39, 0.29) is 5.91 Å². The van der Waals surface area contributed by atoms with E-state index in [2.05, 4.69) is 5.32 Å². The molecule has 22 heavy (non-hydrogen) atoms. The lowest BCUT2D eigenvalue weighted by atomic mass is 9.98. The van der Waals surface area contributed by atoms with E-state index in [1.165, 1.54) is 0 Å². The van der Waals surface area contributed by atoms with Crippen molar-refractivity contribution in [2.45, 2.75) is 26.4 Å². The van der Waals surface area contributed by atoms with Crippen molar-refractivity contribution < 1.29 is 14.3 Å². The largest absolute Gasteiger partial charge is 0.448 e. The number of nitrogens with one attached hydrogen (secondary N) is 1. The molecule has 0 aliphatic carbocycles. The molecule has 4 heteroatoms. The topological polar surface area (TPSA) is 55.4 Å². The maximum Gasteiger partial charge on any atom is 0.339 e. The van der Waals surface area contributed by atoms with Crippen molar-refractivity contribution in [2.24, 2.45) is 0 Å². The van der Waals surface area contributed by atoms with Crippen LogP contribution in [0.4, 0.5) is 5.69 Å². The van der Waals surface area contributed by atoms with Crippen LogP contribution in [0, 0.1) is 13.8 Å². The number of rotatable bonds is 2. The lowest BCUT2D eigenvalue weighted by molar-refractivity contribution is -0.125. The minimum absolute atomic E-state index is 0.300. The molecule has 1 aliphatic heterocycles. The van der Waals surface area contributed by atoms with Crippen molar-refractivity contribution in [2.75, 3.05) is 5.32 Å². The van der Waals surface area contributed by atoms with Crippen LogP contribution >= 0.6 is 0 Å². The average Bonchev–Trinajstić information content (AvgIpc) is 2.51. The van der Waals surface area contributed by atoms with Gasteiger partial charge in [-0.25, -0.2) is 4.79 Å². The van der Waals surface area contributed by atoms with Gasteiger partial charge in [-0.15, -0.1) is 0 Å². The number of ether oxygens (including phenoxy) is 1. The molecular weight excluding hydrogens is 278 g/mol. The van der Waals surface area contributed by atoms with Gasteiger partial charge in [-0.3, -0.25) is 4.79 Å². The molecule has 0 aromatic heterocycles. The van der Waals surface area contributed by atoms with Crippen molar-refractivity contribution in [1.82, 2.24) is 0 Å². The van der Waals surface area contributed by atoms with Crippen LogP contribution in [0.2, 0.25) is 0 Å². The number of carbonyl (C=O) groups excluding carboxylic acids is 2. The number of carbonyl (C=O) groups is 2. The summed E-state index contributed by atoms with van der Waals surface area (Å²) < 4.78 is 5.25. The zero-order valence-electron chi connectivity index (χ0n) is 12.6. The Morgan fingerprint density at radius 1 is 1.14 bits per heavy atom. The summed E-state index contributed by atoms with van der Waals surface area (Å²) in [5.41, 5.74) is 4.36. The van der Waals surface area contributed by atoms with E-state index in [4.69, 9.17) is 4.74 Å². The first kappa shape index (κ1) is 14.3. The maximum atomic E-state index is 12.3. The van der Waals surface area contributed by atoms with Gasteiger partial charge >= 0.3 is 5.97 Å². The van der Waals surface area contributed by atoms with Crippen molar-refractivity contribution in [1.29, 1.82) is 0 Å². The molecule has 0 spiro atoms. The number of hydrogen-bond donors (Lipinski definition) is 1. The standard InChI is InChI=1S/C18H17NO3/c1-11-7-8-14(9-12(11)2)19-17(20)16-10-13-5-3-4-6-15(13)18(21)22-16/h3-9,16H,10H2,1-2H3,(H,19,20). The van der Waals surface area contributed by atoms with E-state index in [9.17, 15) is 9.59 Å². The fourth-order valence-corrected chi connectivity index (χ4v) is 2.52. The predicted molar refractivity (Wildman–Crippen MR) is 83.9 cm³/mol. The fraction of sp³-hybridized carbons (Fsp3) is 0.222. The Kier molecular flexibility index (Phi) is 3.67. The molecule has 1 atom stereocenters. The van der Waals surface area contributed by atoms with Gasteiger partial charge < -0.3 is 10.1 Å². The van der Waals surface area contributed by atoms with Gasteiger partial charge in [0.15, 0.2) is 6.10 Å². The monoisotopic (exact) mass is 295 g/mol. The summed E-state index contributed by atoms with van der Waals surface area (Å²) in [4.78, 5) is 24.3. The van der Waals surface area contributed by atoms with Gasteiger partial charge in [0.25, 0.3) is 5.91 Å². The molecule has 2 aromatic rings. The SMILES string of the molecule is Cc1ccc(NC(=O)C2Cc3ccccc3C(=O)O2)cc1C. The summed E-state index contributed by atoms with van der Waals surface area (Å²) in [5.74, 6) is -0.742. The van der Waals surface area contributed by atoms with Gasteiger partial charge in [0.05, 0.1) is 5.56 Å². The molecule has 1 unspecified atom stereocenters. The number of fused-ring (bicyclic) bond motifs is 1. The van der Waals surface area contributed by atoms with Crippen LogP contribution in [-0.4, -0.2) is 18.0 Å². The maximum absolute atomic E-state index is 12.3. The third-order valence-corrected chi connectivity index (χ3v) is 3.96. The number of aryl methyl sites for hydroxylation is 2. The Morgan fingerprint density at radius 2 is 1.91 bits per heavy atom. The summed E-state index contributed by atoms with van der Waals surface area (Å²) in [6, 6.07) is 12.9. The van der Waals surface area contributed by atoms with Crippen LogP contribution in [0.15, 0.2) is 42.5 Å². The Labute approximate surface area is 129 Å². The van der Waals surface area contributed by atoms with Crippen molar-refractivity contribution in [3.05, 3.63) is 64.7 Å². The molecule has 0 bridgehead atoms. The van der Waals surface area contributed by atoms with Gasteiger partial charge in [-0.2, -0.15) is 0 Å². The first-order valence-corrected chi connectivity index (χ1v) is 7.21. The van der Waals surface area contributed by atoms with Crippen LogP contribution in [0.3, 0.4) is 0 Å². The molecular formula is C18H17NO3. The highest BCUT2D eigenvalue weighted by Crippen LogP contribution is 2.22. The lowest BCUT2D eigenvalue weighted by Gasteiger charge is -2.23. The average molecular weight is 295 g/mol. The molecule has 0 radical (unpaired) electrons. The molecule has 1 aliphatic rings. The van der Waals surface area contributed by atoms with Gasteiger partial charge in [0.2, 0.25) is 0 Å². The highest BCUT2D eigenvalue weighted by molar-refractivity contribution is 6.00. The molecule has 2 aromatic carbocycles. The molecule has 3 rings (SSSR count). The Morgan fingerprint density at radius 3 is 2.68 bits per heavy atom. The molecule has 1 amide bonds. The van der Waals surface area contributed by atoms with Gasteiger partial charge in [-0.05, 0) is 48.7 Å². The molecule has 1 N–H and O–H groups in total. The van der Waals surface area contributed by atoms with Gasteiger partial charge in [-0.1, -0.05) is 24.3 Å². The number of cyclic esters (lactones) is 1. The fourth-order valence-electron chi connectivity index (χ4n) is 2.52. The van der Waals surface area contributed by atoms with Crippen molar-refractivity contribution >= 4 is 17.6 Å². The second kappa shape index (κ2) is 5.64. The van der Waals surface area contributed by atoms with Gasteiger partial charge in [0.1, 0.15) is 0 Å². The van der Waals surface area contributed by atoms with E-state index in [1.54, 1.807) is 12.1 Å². The number of amides is 1. The second-order valence-corrected chi connectivity index (χ2v) is 5.54.